The van der Waals surface area contributed by atoms with Crippen LogP contribution in [0.5, 0.6) is 5.75 Å². The molecule has 2 aromatic carbocycles. The fraction of sp³-hybridized carbons (Fsp3) is 0.423. The largest absolute Gasteiger partial charge is 0.491 e. The molecule has 3 aromatic rings. The van der Waals surface area contributed by atoms with Gasteiger partial charge in [-0.05, 0) is 49.9 Å². The fourth-order valence-electron chi connectivity index (χ4n) is 5.11. The number of piperazine rings is 1. The highest BCUT2D eigenvalue weighted by molar-refractivity contribution is 6.00. The van der Waals surface area contributed by atoms with Crippen molar-refractivity contribution in [2.45, 2.75) is 32.2 Å². The maximum absolute atomic E-state index is 11.3. The van der Waals surface area contributed by atoms with Crippen LogP contribution in [0.25, 0.3) is 10.9 Å². The summed E-state index contributed by atoms with van der Waals surface area (Å²) in [5.74, 6) is 1.11. The number of carbonyl (C=O) groups excluding carboxylic acids is 1. The first-order valence-corrected chi connectivity index (χ1v) is 12.1. The Morgan fingerprint density at radius 2 is 1.82 bits per heavy atom. The average Bonchev–Trinajstić information content (AvgIpc) is 3.19. The van der Waals surface area contributed by atoms with Gasteiger partial charge in [-0.15, -0.1) is 0 Å². The number of amides is 2. The molecule has 33 heavy (non-hydrogen) atoms. The van der Waals surface area contributed by atoms with Gasteiger partial charge in [0, 0.05) is 44.3 Å². The molecule has 7 heteroatoms. The number of primary amides is 1. The molecule has 2 aliphatic heterocycles. The summed E-state index contributed by atoms with van der Waals surface area (Å²) in [5.41, 5.74) is 9.87. The van der Waals surface area contributed by atoms with Gasteiger partial charge in [0.05, 0.1) is 23.5 Å². The number of aryl methyl sites for hydroxylation is 2. The highest BCUT2D eigenvalue weighted by atomic mass is 16.5. The van der Waals surface area contributed by atoms with Gasteiger partial charge in [0.15, 0.2) is 0 Å². The third-order valence-corrected chi connectivity index (χ3v) is 6.80. The summed E-state index contributed by atoms with van der Waals surface area (Å²) < 4.78 is 8.24. The lowest BCUT2D eigenvalue weighted by molar-refractivity contribution is 0.248. The molecule has 5 rings (SSSR count). The van der Waals surface area contributed by atoms with Crippen molar-refractivity contribution in [3.63, 3.8) is 0 Å². The minimum Gasteiger partial charge on any atom is -0.491 e. The number of urea groups is 1. The Bertz CT molecular complexity index is 1120. The summed E-state index contributed by atoms with van der Waals surface area (Å²) in [4.78, 5) is 16.4. The molecule has 2 aliphatic rings. The molecule has 0 saturated carbocycles. The number of rotatable bonds is 7. The van der Waals surface area contributed by atoms with Gasteiger partial charge in [0.25, 0.3) is 0 Å². The molecule has 3 heterocycles. The van der Waals surface area contributed by atoms with Crippen molar-refractivity contribution in [1.82, 2.24) is 9.47 Å². The monoisotopic (exact) mass is 447 g/mol. The van der Waals surface area contributed by atoms with Gasteiger partial charge in [0.1, 0.15) is 5.75 Å². The Labute approximate surface area is 195 Å². The van der Waals surface area contributed by atoms with E-state index in [-0.39, 0.29) is 0 Å². The van der Waals surface area contributed by atoms with E-state index in [4.69, 9.17) is 10.5 Å². The van der Waals surface area contributed by atoms with Crippen LogP contribution >= 0.6 is 0 Å². The predicted molar refractivity (Wildman–Crippen MR) is 133 cm³/mol. The van der Waals surface area contributed by atoms with E-state index in [0.717, 1.165) is 93.9 Å². The van der Waals surface area contributed by atoms with E-state index in [0.29, 0.717) is 0 Å². The minimum absolute atomic E-state index is 0.528. The number of unbranched alkanes of at least 4 members (excludes halogenated alkanes) is 1. The summed E-state index contributed by atoms with van der Waals surface area (Å²) in [5, 5.41) is 3.77. The number of benzene rings is 2. The van der Waals surface area contributed by atoms with Crippen molar-refractivity contribution in [2.24, 2.45) is 5.73 Å². The lowest BCUT2D eigenvalue weighted by Crippen LogP contribution is -2.46. The van der Waals surface area contributed by atoms with Crippen molar-refractivity contribution >= 4 is 28.3 Å². The number of nitrogens with one attached hydrogen (secondary N) is 1. The number of carbonyl (C=O) groups is 1. The smallest absolute Gasteiger partial charge is 0.316 e. The summed E-state index contributed by atoms with van der Waals surface area (Å²) in [6, 6.07) is 14.2. The molecule has 0 radical (unpaired) electrons. The first-order chi connectivity index (χ1) is 16.2. The predicted octanol–water partition coefficient (Wildman–Crippen LogP) is 4.06. The molecular formula is C26H33N5O2. The van der Waals surface area contributed by atoms with E-state index in [1.165, 1.54) is 11.3 Å². The summed E-state index contributed by atoms with van der Waals surface area (Å²) in [7, 11) is 0. The van der Waals surface area contributed by atoms with E-state index in [9.17, 15) is 4.79 Å². The van der Waals surface area contributed by atoms with Crippen LogP contribution in [0.1, 0.15) is 24.8 Å². The van der Waals surface area contributed by atoms with E-state index in [1.54, 1.807) is 0 Å². The van der Waals surface area contributed by atoms with Gasteiger partial charge in [-0.3, -0.25) is 4.90 Å². The van der Waals surface area contributed by atoms with Crippen molar-refractivity contribution in [3.8, 4) is 5.75 Å². The van der Waals surface area contributed by atoms with Crippen LogP contribution in [0, 0.1) is 0 Å². The molecule has 0 bridgehead atoms. The molecular weight excluding hydrogens is 414 g/mol. The third kappa shape index (κ3) is 4.78. The topological polar surface area (TPSA) is 75.8 Å². The van der Waals surface area contributed by atoms with Crippen LogP contribution in [0.2, 0.25) is 0 Å². The number of nitrogens with two attached hydrogens (primary N) is 1. The maximum Gasteiger partial charge on any atom is 0.316 e. The van der Waals surface area contributed by atoms with Crippen molar-refractivity contribution in [1.29, 1.82) is 0 Å². The first-order valence-electron chi connectivity index (χ1n) is 12.1. The van der Waals surface area contributed by atoms with Gasteiger partial charge in [-0.2, -0.15) is 0 Å². The number of aromatic nitrogens is 1. The second-order valence-electron chi connectivity index (χ2n) is 9.00. The van der Waals surface area contributed by atoms with E-state index < -0.39 is 6.03 Å². The summed E-state index contributed by atoms with van der Waals surface area (Å²) in [6.07, 6.45) is 6.48. The molecule has 0 aliphatic carbocycles. The van der Waals surface area contributed by atoms with Gasteiger partial charge in [-0.25, -0.2) is 4.79 Å². The van der Waals surface area contributed by atoms with E-state index in [2.05, 4.69) is 43.9 Å². The lowest BCUT2D eigenvalue weighted by atomic mass is 10.0. The van der Waals surface area contributed by atoms with Crippen LogP contribution in [-0.2, 0) is 13.0 Å². The SMILES string of the molecule is NC(=O)Nc1cn(CCCCN2CCN(c3cccc4c3OCCC4)CC2)c2ccccc12. The Balaban J connectivity index is 1.12. The van der Waals surface area contributed by atoms with Crippen molar-refractivity contribution in [2.75, 3.05) is 49.5 Å². The van der Waals surface area contributed by atoms with Gasteiger partial charge < -0.3 is 25.3 Å². The maximum atomic E-state index is 11.3. The van der Waals surface area contributed by atoms with Crippen LogP contribution in [0.3, 0.4) is 0 Å². The molecule has 2 amide bonds. The highest BCUT2D eigenvalue weighted by Crippen LogP contribution is 2.36. The number of hydrogen-bond donors (Lipinski definition) is 2. The zero-order valence-corrected chi connectivity index (χ0v) is 19.1. The number of anilines is 2. The average molecular weight is 448 g/mol. The fourth-order valence-corrected chi connectivity index (χ4v) is 5.11. The zero-order chi connectivity index (χ0) is 22.6. The molecule has 0 unspecified atom stereocenters. The molecule has 7 nitrogen and oxygen atoms in total. The Morgan fingerprint density at radius 3 is 2.67 bits per heavy atom. The molecule has 3 N–H and O–H groups in total. The standard InChI is InChI=1S/C26H33N5O2/c27-26(32)28-22-19-31(23-10-2-1-9-21(22)23)13-4-3-12-29-14-16-30(17-15-29)24-11-5-7-20-8-6-18-33-25(20)24/h1-2,5,7,9-11,19H,3-4,6,8,12-18H2,(H3,27,28,32). The van der Waals surface area contributed by atoms with Gasteiger partial charge in [0.2, 0.25) is 0 Å². The normalized spacial score (nSPS) is 16.4. The molecule has 0 spiro atoms. The second kappa shape index (κ2) is 9.75. The number of para-hydroxylation sites is 2. The number of fused-ring (bicyclic) bond motifs is 2. The molecule has 1 fully saturated rings. The van der Waals surface area contributed by atoms with Crippen LogP contribution in [-0.4, -0.2) is 54.8 Å². The molecule has 1 aromatic heterocycles. The van der Waals surface area contributed by atoms with Crippen molar-refractivity contribution < 1.29 is 9.53 Å². The number of ether oxygens (including phenoxy) is 1. The van der Waals surface area contributed by atoms with Gasteiger partial charge >= 0.3 is 6.03 Å². The Morgan fingerprint density at radius 1 is 1.00 bits per heavy atom. The first kappa shape index (κ1) is 21.6. The zero-order valence-electron chi connectivity index (χ0n) is 19.1. The van der Waals surface area contributed by atoms with Crippen LogP contribution in [0.15, 0.2) is 48.7 Å². The molecule has 0 atom stereocenters. The second-order valence-corrected chi connectivity index (χ2v) is 9.00. The quantitative estimate of drug-likeness (QED) is 0.536. The minimum atomic E-state index is -0.528. The Kier molecular flexibility index (Phi) is 6.39. The lowest BCUT2D eigenvalue weighted by Gasteiger charge is -2.37. The van der Waals surface area contributed by atoms with Crippen LogP contribution in [0.4, 0.5) is 16.2 Å². The Hall–Kier alpha value is -3.19. The molecule has 174 valence electrons. The summed E-state index contributed by atoms with van der Waals surface area (Å²) in [6.45, 7) is 7.14. The summed E-state index contributed by atoms with van der Waals surface area (Å²) >= 11 is 0. The van der Waals surface area contributed by atoms with E-state index in [1.807, 2.05) is 24.4 Å². The number of hydrogen-bond acceptors (Lipinski definition) is 4. The van der Waals surface area contributed by atoms with Crippen LogP contribution < -0.4 is 20.7 Å². The molecule has 1 saturated heterocycles. The highest BCUT2D eigenvalue weighted by Gasteiger charge is 2.22. The third-order valence-electron chi connectivity index (χ3n) is 6.80. The van der Waals surface area contributed by atoms with E-state index >= 15 is 0 Å². The van der Waals surface area contributed by atoms with Crippen molar-refractivity contribution in [3.05, 3.63) is 54.2 Å². The van der Waals surface area contributed by atoms with Gasteiger partial charge in [-0.1, -0.05) is 30.3 Å². The number of nitrogens with zero attached hydrogens (tertiary/aromatic N) is 3.